The van der Waals surface area contributed by atoms with Gasteiger partial charge in [0.2, 0.25) is 5.82 Å². The molecule has 0 fully saturated rings. The van der Waals surface area contributed by atoms with E-state index in [0.29, 0.717) is 11.5 Å². The first-order valence-corrected chi connectivity index (χ1v) is 7.58. The second kappa shape index (κ2) is 6.46. The number of anilines is 1. The lowest BCUT2D eigenvalue weighted by Crippen LogP contribution is -2.18. The fourth-order valence-electron chi connectivity index (χ4n) is 1.32. The van der Waals surface area contributed by atoms with E-state index in [1.54, 1.807) is 19.9 Å². The third kappa shape index (κ3) is 4.82. The lowest BCUT2D eigenvalue weighted by molar-refractivity contribution is 0.0586. The Morgan fingerprint density at radius 3 is 2.68 bits per heavy atom. The highest BCUT2D eigenvalue weighted by Gasteiger charge is 2.12. The van der Waals surface area contributed by atoms with Gasteiger partial charge in [0.25, 0.3) is 0 Å². The van der Waals surface area contributed by atoms with Crippen molar-refractivity contribution in [3.63, 3.8) is 0 Å². The van der Waals surface area contributed by atoms with E-state index in [-0.39, 0.29) is 23.9 Å². The van der Waals surface area contributed by atoms with Gasteiger partial charge >= 0.3 is 5.97 Å². The molecule has 0 unspecified atom stereocenters. The van der Waals surface area contributed by atoms with Gasteiger partial charge in [0, 0.05) is 24.1 Å². The van der Waals surface area contributed by atoms with E-state index in [1.165, 1.54) is 7.11 Å². The molecule has 1 heterocycles. The molecular weight excluding hydrogens is 270 g/mol. The maximum Gasteiger partial charge on any atom is 0.376 e. The number of aryl methyl sites for hydroxylation is 1. The summed E-state index contributed by atoms with van der Waals surface area (Å²) in [4.78, 5) is 19.2. The highest BCUT2D eigenvalue weighted by Crippen LogP contribution is 2.07. The molecule has 0 spiro atoms. The molecule has 1 aromatic heterocycles. The van der Waals surface area contributed by atoms with Crippen LogP contribution in [0.25, 0.3) is 0 Å². The standard InChI is InChI=1S/C11H17N3O4S/c1-4-19(16,17)6-5-12-9-7-8(2)13-10(14-9)11(15)18-3/h7H,4-6H2,1-3H3,(H,12,13,14). The first-order valence-electron chi connectivity index (χ1n) is 5.76. The Morgan fingerprint density at radius 1 is 1.42 bits per heavy atom. The molecule has 0 aliphatic heterocycles. The number of hydrogen-bond donors (Lipinski definition) is 1. The topological polar surface area (TPSA) is 98.2 Å². The predicted octanol–water partition coefficient (Wildman–Crippen LogP) is 0.418. The van der Waals surface area contributed by atoms with Crippen LogP contribution >= 0.6 is 0 Å². The van der Waals surface area contributed by atoms with E-state index in [9.17, 15) is 13.2 Å². The highest BCUT2D eigenvalue weighted by molar-refractivity contribution is 7.91. The summed E-state index contributed by atoms with van der Waals surface area (Å²) in [6.45, 7) is 3.54. The Morgan fingerprint density at radius 2 is 2.11 bits per heavy atom. The number of carbonyl (C=O) groups is 1. The Labute approximate surface area is 112 Å². The van der Waals surface area contributed by atoms with Gasteiger partial charge in [0.15, 0.2) is 9.84 Å². The second-order valence-corrected chi connectivity index (χ2v) is 6.35. The SMILES string of the molecule is CCS(=O)(=O)CCNc1cc(C)nc(C(=O)OC)n1. The molecule has 8 heteroatoms. The molecule has 0 aliphatic carbocycles. The van der Waals surface area contributed by atoms with E-state index >= 15 is 0 Å². The lowest BCUT2D eigenvalue weighted by atomic mass is 10.4. The summed E-state index contributed by atoms with van der Waals surface area (Å²) in [6, 6.07) is 1.63. The molecule has 1 rings (SSSR count). The van der Waals surface area contributed by atoms with Crippen LogP contribution in [0.2, 0.25) is 0 Å². The molecule has 1 N–H and O–H groups in total. The zero-order valence-electron chi connectivity index (χ0n) is 11.1. The molecule has 0 aliphatic rings. The summed E-state index contributed by atoms with van der Waals surface area (Å²) in [5, 5.41) is 2.86. The van der Waals surface area contributed by atoms with Crippen LogP contribution in [-0.2, 0) is 14.6 Å². The average Bonchev–Trinajstić information content (AvgIpc) is 2.37. The molecule has 19 heavy (non-hydrogen) atoms. The van der Waals surface area contributed by atoms with Crippen molar-refractivity contribution in [3.05, 3.63) is 17.6 Å². The fraction of sp³-hybridized carbons (Fsp3) is 0.545. The molecule has 0 amide bonds. The van der Waals surface area contributed by atoms with Gasteiger partial charge < -0.3 is 10.1 Å². The van der Waals surface area contributed by atoms with Gasteiger partial charge in [-0.15, -0.1) is 0 Å². The van der Waals surface area contributed by atoms with E-state index in [4.69, 9.17) is 0 Å². The minimum Gasteiger partial charge on any atom is -0.463 e. The lowest BCUT2D eigenvalue weighted by Gasteiger charge is -2.07. The normalized spacial score (nSPS) is 11.1. The molecule has 7 nitrogen and oxygen atoms in total. The molecular formula is C11H17N3O4S. The number of esters is 1. The van der Waals surface area contributed by atoms with E-state index in [2.05, 4.69) is 20.0 Å². The predicted molar refractivity (Wildman–Crippen MR) is 70.9 cm³/mol. The van der Waals surface area contributed by atoms with Gasteiger partial charge in [0.1, 0.15) is 5.82 Å². The zero-order chi connectivity index (χ0) is 14.5. The molecule has 0 saturated carbocycles. The first kappa shape index (κ1) is 15.4. The van der Waals surface area contributed by atoms with Gasteiger partial charge in [-0.3, -0.25) is 0 Å². The van der Waals surface area contributed by atoms with Crippen LogP contribution in [0.5, 0.6) is 0 Å². The number of carbonyl (C=O) groups excluding carboxylic acids is 1. The van der Waals surface area contributed by atoms with Crippen molar-refractivity contribution < 1.29 is 17.9 Å². The summed E-state index contributed by atoms with van der Waals surface area (Å²) < 4.78 is 27.2. The minimum atomic E-state index is -3.03. The van der Waals surface area contributed by atoms with Crippen molar-refractivity contribution in [3.8, 4) is 0 Å². The number of nitrogens with zero attached hydrogens (tertiary/aromatic N) is 2. The molecule has 0 saturated heterocycles. The Kier molecular flexibility index (Phi) is 5.22. The minimum absolute atomic E-state index is 0.0140. The Balaban J connectivity index is 2.74. The van der Waals surface area contributed by atoms with Crippen LogP contribution in [0.4, 0.5) is 5.82 Å². The van der Waals surface area contributed by atoms with Gasteiger partial charge in [-0.05, 0) is 6.92 Å². The largest absolute Gasteiger partial charge is 0.463 e. The summed E-state index contributed by atoms with van der Waals surface area (Å²) >= 11 is 0. The van der Waals surface area contributed by atoms with Crippen LogP contribution < -0.4 is 5.32 Å². The van der Waals surface area contributed by atoms with Crippen molar-refractivity contribution in [1.29, 1.82) is 0 Å². The maximum absolute atomic E-state index is 11.3. The van der Waals surface area contributed by atoms with Crippen LogP contribution in [0, 0.1) is 6.92 Å². The Hall–Kier alpha value is -1.70. The van der Waals surface area contributed by atoms with Crippen LogP contribution in [-0.4, -0.2) is 49.5 Å². The Bertz CT molecular complexity index is 557. The van der Waals surface area contributed by atoms with Gasteiger partial charge in [0.05, 0.1) is 12.9 Å². The van der Waals surface area contributed by atoms with Crippen molar-refractivity contribution >= 4 is 21.6 Å². The fourth-order valence-corrected chi connectivity index (χ4v) is 2.02. The zero-order valence-corrected chi connectivity index (χ0v) is 12.0. The highest BCUT2D eigenvalue weighted by atomic mass is 32.2. The molecule has 0 atom stereocenters. The number of methoxy groups -OCH3 is 1. The number of sulfone groups is 1. The maximum atomic E-state index is 11.3. The van der Waals surface area contributed by atoms with E-state index in [1.807, 2.05) is 0 Å². The van der Waals surface area contributed by atoms with Gasteiger partial charge in [-0.2, -0.15) is 0 Å². The average molecular weight is 287 g/mol. The molecule has 0 radical (unpaired) electrons. The van der Waals surface area contributed by atoms with Gasteiger partial charge in [-0.25, -0.2) is 23.2 Å². The van der Waals surface area contributed by atoms with Crippen molar-refractivity contribution in [1.82, 2.24) is 9.97 Å². The second-order valence-electron chi connectivity index (χ2n) is 3.87. The molecule has 106 valence electrons. The van der Waals surface area contributed by atoms with Crippen molar-refractivity contribution in [2.45, 2.75) is 13.8 Å². The third-order valence-electron chi connectivity index (χ3n) is 2.38. The number of aromatic nitrogens is 2. The summed E-state index contributed by atoms with van der Waals surface area (Å²) in [5.74, 6) is -0.166. The number of hydrogen-bond acceptors (Lipinski definition) is 7. The number of ether oxygens (including phenoxy) is 1. The third-order valence-corrected chi connectivity index (χ3v) is 4.09. The van der Waals surface area contributed by atoms with Crippen molar-refractivity contribution in [2.24, 2.45) is 0 Å². The van der Waals surface area contributed by atoms with Crippen LogP contribution in [0.15, 0.2) is 6.07 Å². The molecule has 1 aromatic rings. The van der Waals surface area contributed by atoms with Crippen LogP contribution in [0.1, 0.15) is 23.2 Å². The van der Waals surface area contributed by atoms with Crippen molar-refractivity contribution in [2.75, 3.05) is 30.5 Å². The molecule has 0 bridgehead atoms. The number of rotatable bonds is 6. The van der Waals surface area contributed by atoms with E-state index in [0.717, 1.165) is 0 Å². The summed E-state index contributed by atoms with van der Waals surface area (Å²) in [7, 11) is -1.78. The monoisotopic (exact) mass is 287 g/mol. The van der Waals surface area contributed by atoms with E-state index < -0.39 is 15.8 Å². The number of nitrogens with one attached hydrogen (secondary N) is 1. The van der Waals surface area contributed by atoms with Crippen LogP contribution in [0.3, 0.4) is 0 Å². The summed E-state index contributed by atoms with van der Waals surface area (Å²) in [6.07, 6.45) is 0. The smallest absolute Gasteiger partial charge is 0.376 e. The quantitative estimate of drug-likeness (QED) is 0.757. The van der Waals surface area contributed by atoms with Gasteiger partial charge in [-0.1, -0.05) is 6.92 Å². The molecule has 0 aromatic carbocycles. The summed E-state index contributed by atoms with van der Waals surface area (Å²) in [5.41, 5.74) is 0.594. The first-order chi connectivity index (χ1) is 8.88.